The molecule has 0 radical (unpaired) electrons. The second-order valence-electron chi connectivity index (χ2n) is 16.6. The summed E-state index contributed by atoms with van der Waals surface area (Å²) in [5, 5.41) is 11.2. The van der Waals surface area contributed by atoms with Crippen LogP contribution in [-0.4, -0.2) is 138 Å². The molecule has 2 aromatic carbocycles. The Morgan fingerprint density at radius 2 is 1.52 bits per heavy atom. The van der Waals surface area contributed by atoms with Crippen LogP contribution < -0.4 is 45.5 Å². The van der Waals surface area contributed by atoms with Gasteiger partial charge in [0.1, 0.15) is 23.2 Å². The Hall–Kier alpha value is -6.64. The molecule has 20 heteroatoms. The normalized spacial score (nSPS) is 18.2. The lowest BCUT2D eigenvalue weighted by molar-refractivity contribution is -0.347. The van der Waals surface area contributed by atoms with E-state index in [2.05, 4.69) is 31.2 Å². The van der Waals surface area contributed by atoms with E-state index in [0.717, 1.165) is 47.9 Å². The lowest BCUT2D eigenvalue weighted by atomic mass is 10.0. The molecule has 4 aliphatic rings. The van der Waals surface area contributed by atoms with E-state index < -0.39 is 42.2 Å². The van der Waals surface area contributed by atoms with Crippen molar-refractivity contribution < 1.29 is 62.2 Å². The molecule has 1 unspecified atom stereocenters. The molecule has 5 N–H and O–H groups in total. The van der Waals surface area contributed by atoms with Crippen molar-refractivity contribution in [3.05, 3.63) is 65.2 Å². The first-order valence-electron chi connectivity index (χ1n) is 22.8. The molecule has 1 saturated heterocycles. The number of piperidine rings is 1. The van der Waals surface area contributed by atoms with Crippen LogP contribution in [0.2, 0.25) is 0 Å². The van der Waals surface area contributed by atoms with Gasteiger partial charge in [-0.25, -0.2) is 4.98 Å². The lowest BCUT2D eigenvalue weighted by Gasteiger charge is -2.38. The predicted molar refractivity (Wildman–Crippen MR) is 243 cm³/mol. The third-order valence-corrected chi connectivity index (χ3v) is 12.2. The fraction of sp³-hybridized carbons (Fsp3) is 0.489. The first kappa shape index (κ1) is 48.3. The number of aromatic amines is 1. The first-order chi connectivity index (χ1) is 32.5. The molecule has 3 aromatic rings. The second-order valence-corrected chi connectivity index (χ2v) is 16.6. The fourth-order valence-corrected chi connectivity index (χ4v) is 8.71. The predicted octanol–water partition coefficient (Wildman–Crippen LogP) is 2.52. The summed E-state index contributed by atoms with van der Waals surface area (Å²) in [6.45, 7) is 4.62. The average Bonchev–Trinajstić information content (AvgIpc) is 3.95. The number of rotatable bonds is 23. The highest BCUT2D eigenvalue weighted by Gasteiger charge is 2.46. The number of carbonyl (C=O) groups is 7. The van der Waals surface area contributed by atoms with Crippen molar-refractivity contribution in [2.75, 3.05) is 88.6 Å². The molecule has 7 rings (SSSR count). The average molecular weight is 928 g/mol. The maximum absolute atomic E-state index is 13.2. The zero-order valence-corrected chi connectivity index (χ0v) is 38.1. The van der Waals surface area contributed by atoms with Crippen molar-refractivity contribution in [3.63, 3.8) is 0 Å². The Morgan fingerprint density at radius 1 is 0.821 bits per heavy atom. The molecule has 0 spiro atoms. The topological polar surface area (TPSA) is 238 Å². The number of fused-ring (bicyclic) bond motifs is 2. The van der Waals surface area contributed by atoms with Crippen LogP contribution >= 0.6 is 0 Å². The zero-order valence-electron chi connectivity index (χ0n) is 38.1. The highest BCUT2D eigenvalue weighted by molar-refractivity contribution is 6.24. The highest BCUT2D eigenvalue weighted by Crippen LogP contribution is 2.39. The van der Waals surface area contributed by atoms with Crippen molar-refractivity contribution in [1.82, 2.24) is 20.9 Å². The number of anilines is 4. The fourth-order valence-electron chi connectivity index (χ4n) is 8.71. The third kappa shape index (κ3) is 11.5. The van der Waals surface area contributed by atoms with E-state index in [-0.39, 0.29) is 47.6 Å². The minimum Gasteiger partial charge on any atom is -0.493 e. The summed E-state index contributed by atoms with van der Waals surface area (Å²) in [5.74, 6) is -0.950. The number of methoxy groups -OCH3 is 1. The van der Waals surface area contributed by atoms with E-state index in [9.17, 15) is 33.6 Å². The number of H-pyrrole nitrogens is 1. The Labute approximate surface area is 388 Å². The summed E-state index contributed by atoms with van der Waals surface area (Å²) >= 11 is 0. The van der Waals surface area contributed by atoms with Crippen LogP contribution in [-0.2, 0) is 33.4 Å². The number of likely N-dealkylation sites (N-methyl/N-ethyl adjacent to an activating group) is 1. The van der Waals surface area contributed by atoms with Crippen LogP contribution in [0.1, 0.15) is 89.4 Å². The molecule has 4 heterocycles. The molecule has 1 saturated carbocycles. The molecule has 2 atom stereocenters. The lowest BCUT2D eigenvalue weighted by Crippen LogP contribution is -2.56. The quantitative estimate of drug-likeness (QED) is 0.0791. The maximum Gasteiger partial charge on any atom is 0.266 e. The number of carbonyl (C=O) groups excluding carboxylic acids is 7. The van der Waals surface area contributed by atoms with Gasteiger partial charge in [-0.2, -0.15) is 0 Å². The Balaban J connectivity index is 0.714. The van der Waals surface area contributed by atoms with E-state index in [4.69, 9.17) is 23.7 Å². The highest BCUT2D eigenvalue weighted by atomic mass is 16.5. The molecule has 7 amide bonds. The number of imide groups is 2. The molecule has 358 valence electrons. The second kappa shape index (κ2) is 22.7. The van der Waals surface area contributed by atoms with Gasteiger partial charge in [-0.05, 0) is 88.3 Å². The number of nitrogens with one attached hydrogen (secondary N) is 5. The molecule has 2 fully saturated rings. The largest absolute Gasteiger partial charge is 0.493 e. The van der Waals surface area contributed by atoms with Crippen LogP contribution in [0.15, 0.2) is 48.5 Å². The zero-order chi connectivity index (χ0) is 47.5. The standard InChI is InChI=1S/C47H58N8O12/c1-29-45(60)53(2)34-15-17-38(51-42(34)54(29)31-9-4-5-10-31)50-33-14-13-30(27-37(33)63-3)43(58)49-20-8-22-65-24-26-66-25-23-64-21-7-19-48-40(57)28-67-36-12-6-11-32-41(36)47(62)55(46(32)61)35-16-18-39(56)52-44(35)59/h6,11-15,17,27,29,31,35H,4-5,7-10,16,18-26,28H2,1-3H3,(H,48,57)(H,49,58)(H,50,51)(H,52,56,59)/p+1/t29-,35?/m1/s1. The van der Waals surface area contributed by atoms with E-state index >= 15 is 0 Å². The summed E-state index contributed by atoms with van der Waals surface area (Å²) in [5.41, 5.74) is 2.01. The van der Waals surface area contributed by atoms with Crippen molar-refractivity contribution in [3.8, 4) is 11.5 Å². The van der Waals surface area contributed by atoms with Gasteiger partial charge < -0.3 is 39.2 Å². The van der Waals surface area contributed by atoms with Gasteiger partial charge in [0.2, 0.25) is 23.5 Å². The number of benzene rings is 2. The van der Waals surface area contributed by atoms with Gasteiger partial charge in [0, 0.05) is 51.4 Å². The maximum atomic E-state index is 13.2. The Morgan fingerprint density at radius 3 is 2.22 bits per heavy atom. The van der Waals surface area contributed by atoms with Gasteiger partial charge in [-0.1, -0.05) is 6.07 Å². The van der Waals surface area contributed by atoms with Gasteiger partial charge in [-0.3, -0.25) is 54.0 Å². The van der Waals surface area contributed by atoms with Crippen molar-refractivity contribution in [1.29, 1.82) is 0 Å². The number of nitrogens with zero attached hydrogens (tertiary/aromatic N) is 3. The van der Waals surface area contributed by atoms with Gasteiger partial charge >= 0.3 is 0 Å². The molecule has 1 aromatic heterocycles. The molecule has 20 nitrogen and oxygen atoms in total. The van der Waals surface area contributed by atoms with Gasteiger partial charge in [0.25, 0.3) is 29.5 Å². The first-order valence-corrected chi connectivity index (χ1v) is 22.8. The van der Waals surface area contributed by atoms with E-state index in [1.54, 1.807) is 30.2 Å². The number of hydrogen-bond acceptors (Lipinski definition) is 14. The van der Waals surface area contributed by atoms with E-state index in [0.29, 0.717) is 88.6 Å². The van der Waals surface area contributed by atoms with Gasteiger partial charge in [0.05, 0.1) is 50.7 Å². The van der Waals surface area contributed by atoms with Crippen LogP contribution in [0.25, 0.3) is 0 Å². The third-order valence-electron chi connectivity index (χ3n) is 12.2. The number of ether oxygens (including phenoxy) is 5. The molecular formula is C47H59N8O12+. The van der Waals surface area contributed by atoms with Crippen molar-refractivity contribution >= 4 is 64.4 Å². The van der Waals surface area contributed by atoms with Crippen LogP contribution in [0.3, 0.4) is 0 Å². The summed E-state index contributed by atoms with van der Waals surface area (Å²) in [7, 11) is 3.36. The van der Waals surface area contributed by atoms with Crippen molar-refractivity contribution in [2.24, 2.45) is 0 Å². The smallest absolute Gasteiger partial charge is 0.266 e. The number of hydrogen-bond donors (Lipinski definition) is 4. The molecule has 67 heavy (non-hydrogen) atoms. The summed E-state index contributed by atoms with van der Waals surface area (Å²) in [6, 6.07) is 12.4. The molecule has 0 bridgehead atoms. The summed E-state index contributed by atoms with van der Waals surface area (Å²) in [4.78, 5) is 96.9. The van der Waals surface area contributed by atoms with Crippen molar-refractivity contribution in [2.45, 2.75) is 76.4 Å². The van der Waals surface area contributed by atoms with Gasteiger partial charge in [0.15, 0.2) is 18.4 Å². The van der Waals surface area contributed by atoms with Crippen LogP contribution in [0, 0.1) is 0 Å². The Bertz CT molecular complexity index is 2340. The monoisotopic (exact) mass is 927 g/mol. The SMILES string of the molecule is COc1cc(C(=O)NCCCOCCOCCOCCCNC(=O)COc2cccc3c2C(=O)N(C2CCC(=O)NC2=O)C3=O)ccc1Nc1ccc2c([nH+]1)N(C1CCCC1)[C@H](C)C(=O)N2C. The van der Waals surface area contributed by atoms with Gasteiger partial charge in [-0.15, -0.1) is 0 Å². The Kier molecular flexibility index (Phi) is 16.4. The number of pyridine rings is 1. The summed E-state index contributed by atoms with van der Waals surface area (Å²) < 4.78 is 28.0. The summed E-state index contributed by atoms with van der Waals surface area (Å²) in [6.07, 6.45) is 5.60. The minimum atomic E-state index is -1.11. The van der Waals surface area contributed by atoms with E-state index in [1.165, 1.54) is 18.2 Å². The van der Waals surface area contributed by atoms with Crippen LogP contribution in [0.5, 0.6) is 11.5 Å². The minimum absolute atomic E-state index is 0.00624. The molecular weight excluding hydrogens is 869 g/mol. The van der Waals surface area contributed by atoms with E-state index in [1.807, 2.05) is 26.1 Å². The molecule has 1 aliphatic carbocycles. The number of amides is 7. The molecule has 3 aliphatic heterocycles. The number of aromatic nitrogens is 1. The van der Waals surface area contributed by atoms with Crippen LogP contribution in [0.4, 0.5) is 23.0 Å².